The molecule has 13 heavy (non-hydrogen) atoms. The highest BCUT2D eigenvalue weighted by molar-refractivity contribution is 6.31. The summed E-state index contributed by atoms with van der Waals surface area (Å²) in [6.07, 6.45) is 1.29. The first-order valence-electron chi connectivity index (χ1n) is 3.67. The zero-order valence-electron chi connectivity index (χ0n) is 7.07. The summed E-state index contributed by atoms with van der Waals surface area (Å²) in [6, 6.07) is -0.613. The number of nitrogens with two attached hydrogens (primary N) is 1. The number of carbonyl (C=O) groups is 1. The Kier molecular flexibility index (Phi) is 2.90. The van der Waals surface area contributed by atoms with Gasteiger partial charge in [-0.05, 0) is 0 Å². The Bertz CT molecular complexity index is 304. The third kappa shape index (κ3) is 2.19. The van der Waals surface area contributed by atoms with E-state index in [1.807, 2.05) is 0 Å². The molecular formula is C7H10ClN3O2. The number of hydrogen-bond acceptors (Lipinski definition) is 3. The van der Waals surface area contributed by atoms with Crippen LogP contribution in [-0.2, 0) is 11.8 Å². The van der Waals surface area contributed by atoms with E-state index in [1.165, 1.54) is 10.9 Å². The average Bonchev–Trinajstić information content (AvgIpc) is 2.29. The highest BCUT2D eigenvalue weighted by Gasteiger charge is 2.17. The quantitative estimate of drug-likeness (QED) is 0.752. The Morgan fingerprint density at radius 2 is 2.54 bits per heavy atom. The molecule has 0 saturated heterocycles. The van der Waals surface area contributed by atoms with Gasteiger partial charge in [0.15, 0.2) is 0 Å². The third-order valence-electron chi connectivity index (χ3n) is 1.68. The first-order chi connectivity index (χ1) is 6.02. The van der Waals surface area contributed by atoms with Gasteiger partial charge in [-0.25, -0.2) is 0 Å². The van der Waals surface area contributed by atoms with Crippen LogP contribution in [0.15, 0.2) is 6.20 Å². The van der Waals surface area contributed by atoms with Gasteiger partial charge in [-0.1, -0.05) is 11.6 Å². The average molecular weight is 204 g/mol. The van der Waals surface area contributed by atoms with Crippen LogP contribution < -0.4 is 5.73 Å². The maximum atomic E-state index is 10.4. The van der Waals surface area contributed by atoms with Crippen molar-refractivity contribution in [3.05, 3.63) is 16.9 Å². The molecule has 0 unspecified atom stereocenters. The SMILES string of the molecule is Cn1ncc(Cl)c1[C@H](N)CC(=O)O. The highest BCUT2D eigenvalue weighted by Crippen LogP contribution is 2.22. The van der Waals surface area contributed by atoms with E-state index in [0.29, 0.717) is 10.7 Å². The summed E-state index contributed by atoms with van der Waals surface area (Å²) in [6.45, 7) is 0. The van der Waals surface area contributed by atoms with Crippen LogP contribution >= 0.6 is 11.6 Å². The van der Waals surface area contributed by atoms with E-state index in [2.05, 4.69) is 5.10 Å². The predicted molar refractivity (Wildman–Crippen MR) is 47.4 cm³/mol. The molecule has 1 rings (SSSR count). The molecule has 0 spiro atoms. The second-order valence-corrected chi connectivity index (χ2v) is 3.11. The molecule has 1 atom stereocenters. The fraction of sp³-hybridized carbons (Fsp3) is 0.429. The van der Waals surface area contributed by atoms with Crippen LogP contribution in [0.2, 0.25) is 5.02 Å². The lowest BCUT2D eigenvalue weighted by Crippen LogP contribution is -2.18. The van der Waals surface area contributed by atoms with Crippen molar-refractivity contribution in [2.75, 3.05) is 0 Å². The Morgan fingerprint density at radius 1 is 1.92 bits per heavy atom. The number of carboxylic acids is 1. The molecule has 0 aromatic carbocycles. The molecule has 6 heteroatoms. The molecule has 0 radical (unpaired) electrons. The number of aryl methyl sites for hydroxylation is 1. The Labute approximate surface area is 80.1 Å². The van der Waals surface area contributed by atoms with E-state index >= 15 is 0 Å². The van der Waals surface area contributed by atoms with E-state index < -0.39 is 12.0 Å². The van der Waals surface area contributed by atoms with Crippen molar-refractivity contribution in [1.82, 2.24) is 9.78 Å². The fourth-order valence-electron chi connectivity index (χ4n) is 1.12. The molecular weight excluding hydrogens is 194 g/mol. The minimum Gasteiger partial charge on any atom is -0.481 e. The Morgan fingerprint density at radius 3 is 2.92 bits per heavy atom. The lowest BCUT2D eigenvalue weighted by molar-refractivity contribution is -0.137. The summed E-state index contributed by atoms with van der Waals surface area (Å²) < 4.78 is 1.48. The fourth-order valence-corrected chi connectivity index (χ4v) is 1.43. The van der Waals surface area contributed by atoms with Crippen LogP contribution in [0.4, 0.5) is 0 Å². The molecule has 1 aromatic heterocycles. The topological polar surface area (TPSA) is 81.1 Å². The first-order valence-corrected chi connectivity index (χ1v) is 4.05. The first kappa shape index (κ1) is 10.0. The van der Waals surface area contributed by atoms with Crippen LogP contribution in [0.1, 0.15) is 18.2 Å². The Balaban J connectivity index is 2.87. The molecule has 5 nitrogen and oxygen atoms in total. The molecule has 0 fully saturated rings. The number of carboxylic acid groups (broad SMARTS) is 1. The van der Waals surface area contributed by atoms with Gasteiger partial charge in [0.1, 0.15) is 0 Å². The monoisotopic (exact) mass is 203 g/mol. The van der Waals surface area contributed by atoms with Gasteiger partial charge >= 0.3 is 5.97 Å². The number of hydrogen-bond donors (Lipinski definition) is 2. The number of halogens is 1. The molecule has 0 aliphatic rings. The summed E-state index contributed by atoms with van der Waals surface area (Å²) in [5, 5.41) is 12.8. The normalized spacial score (nSPS) is 12.8. The van der Waals surface area contributed by atoms with E-state index in [0.717, 1.165) is 0 Å². The van der Waals surface area contributed by atoms with Crippen LogP contribution in [-0.4, -0.2) is 20.9 Å². The maximum absolute atomic E-state index is 10.4. The van der Waals surface area contributed by atoms with Gasteiger partial charge in [0.05, 0.1) is 29.4 Å². The number of aliphatic carboxylic acids is 1. The maximum Gasteiger partial charge on any atom is 0.305 e. The van der Waals surface area contributed by atoms with E-state index in [1.54, 1.807) is 7.05 Å². The minimum atomic E-state index is -0.954. The molecule has 0 aliphatic carbocycles. The molecule has 1 heterocycles. The second kappa shape index (κ2) is 3.76. The molecule has 0 amide bonds. The molecule has 0 saturated carbocycles. The summed E-state index contributed by atoms with van der Waals surface area (Å²) >= 11 is 5.77. The van der Waals surface area contributed by atoms with Crippen molar-refractivity contribution in [2.24, 2.45) is 12.8 Å². The molecule has 1 aromatic rings. The van der Waals surface area contributed by atoms with Gasteiger partial charge in [0.2, 0.25) is 0 Å². The molecule has 0 aliphatic heterocycles. The number of rotatable bonds is 3. The van der Waals surface area contributed by atoms with Crippen molar-refractivity contribution in [3.63, 3.8) is 0 Å². The lowest BCUT2D eigenvalue weighted by Gasteiger charge is -2.09. The van der Waals surface area contributed by atoms with Gasteiger partial charge < -0.3 is 10.8 Å². The Hall–Kier alpha value is -1.07. The molecule has 72 valence electrons. The van der Waals surface area contributed by atoms with Crippen molar-refractivity contribution < 1.29 is 9.90 Å². The standard InChI is InChI=1S/C7H10ClN3O2/c1-11-7(4(8)3-10-11)5(9)2-6(12)13/h3,5H,2,9H2,1H3,(H,12,13)/t5-/m1/s1. The van der Waals surface area contributed by atoms with E-state index in [4.69, 9.17) is 22.4 Å². The zero-order chi connectivity index (χ0) is 10.0. The summed E-state index contributed by atoms with van der Waals surface area (Å²) in [5.41, 5.74) is 6.16. The van der Waals surface area contributed by atoms with Crippen LogP contribution in [0.25, 0.3) is 0 Å². The van der Waals surface area contributed by atoms with Crippen LogP contribution in [0, 0.1) is 0 Å². The second-order valence-electron chi connectivity index (χ2n) is 2.71. The number of aromatic nitrogens is 2. The largest absolute Gasteiger partial charge is 0.481 e. The van der Waals surface area contributed by atoms with E-state index in [-0.39, 0.29) is 6.42 Å². The smallest absolute Gasteiger partial charge is 0.305 e. The number of nitrogens with zero attached hydrogens (tertiary/aromatic N) is 2. The molecule has 3 N–H and O–H groups in total. The van der Waals surface area contributed by atoms with Gasteiger partial charge in [-0.3, -0.25) is 9.48 Å². The lowest BCUT2D eigenvalue weighted by atomic mass is 10.1. The van der Waals surface area contributed by atoms with Gasteiger partial charge in [0.25, 0.3) is 0 Å². The van der Waals surface area contributed by atoms with Crippen LogP contribution in [0.5, 0.6) is 0 Å². The van der Waals surface area contributed by atoms with Crippen LogP contribution in [0.3, 0.4) is 0 Å². The molecule has 0 bridgehead atoms. The predicted octanol–water partition coefficient (Wildman–Crippen LogP) is 0.548. The summed E-state index contributed by atoms with van der Waals surface area (Å²) in [4.78, 5) is 10.4. The van der Waals surface area contributed by atoms with Crippen molar-refractivity contribution in [3.8, 4) is 0 Å². The van der Waals surface area contributed by atoms with E-state index in [9.17, 15) is 4.79 Å². The summed E-state index contributed by atoms with van der Waals surface area (Å²) in [5.74, 6) is -0.954. The van der Waals surface area contributed by atoms with Crippen molar-refractivity contribution in [2.45, 2.75) is 12.5 Å². The van der Waals surface area contributed by atoms with Gasteiger partial charge in [-0.2, -0.15) is 5.10 Å². The summed E-state index contributed by atoms with van der Waals surface area (Å²) in [7, 11) is 1.67. The van der Waals surface area contributed by atoms with Crippen molar-refractivity contribution >= 4 is 17.6 Å². The van der Waals surface area contributed by atoms with Crippen molar-refractivity contribution in [1.29, 1.82) is 0 Å². The van der Waals surface area contributed by atoms with Gasteiger partial charge in [0, 0.05) is 7.05 Å². The third-order valence-corrected chi connectivity index (χ3v) is 1.97. The highest BCUT2D eigenvalue weighted by atomic mass is 35.5. The van der Waals surface area contributed by atoms with Gasteiger partial charge in [-0.15, -0.1) is 0 Å². The minimum absolute atomic E-state index is 0.154. The zero-order valence-corrected chi connectivity index (χ0v) is 7.82.